The SMILES string of the molecule is CC(=Cc1ccccc1)C=C1SC(=O)N(c2cccc(C(=O)O)c2)C1=O. The van der Waals surface area contributed by atoms with Gasteiger partial charge >= 0.3 is 5.97 Å². The van der Waals surface area contributed by atoms with Crippen molar-refractivity contribution in [2.75, 3.05) is 4.90 Å². The zero-order valence-electron chi connectivity index (χ0n) is 13.9. The molecule has 130 valence electrons. The topological polar surface area (TPSA) is 74.7 Å². The van der Waals surface area contributed by atoms with Crippen molar-refractivity contribution in [3.05, 3.63) is 82.3 Å². The first-order chi connectivity index (χ1) is 12.5. The Labute approximate surface area is 154 Å². The van der Waals surface area contributed by atoms with Gasteiger partial charge in [0.05, 0.1) is 16.2 Å². The highest BCUT2D eigenvalue weighted by atomic mass is 32.2. The maximum atomic E-state index is 12.6. The Bertz CT molecular complexity index is 947. The Hall–Kier alpha value is -3.12. The molecule has 6 heteroatoms. The van der Waals surface area contributed by atoms with Crippen LogP contribution in [0.25, 0.3) is 6.08 Å². The first-order valence-electron chi connectivity index (χ1n) is 7.80. The molecule has 0 bridgehead atoms. The fraction of sp³-hybridized carbons (Fsp3) is 0.0500. The minimum absolute atomic E-state index is 0.0192. The summed E-state index contributed by atoms with van der Waals surface area (Å²) in [5.41, 5.74) is 2.10. The minimum Gasteiger partial charge on any atom is -0.478 e. The second-order valence-electron chi connectivity index (χ2n) is 5.67. The van der Waals surface area contributed by atoms with E-state index in [0.717, 1.165) is 27.8 Å². The molecular weight excluding hydrogens is 350 g/mol. The predicted octanol–water partition coefficient (Wildman–Crippen LogP) is 4.57. The lowest BCUT2D eigenvalue weighted by Gasteiger charge is -2.12. The van der Waals surface area contributed by atoms with Gasteiger partial charge in [-0.3, -0.25) is 9.59 Å². The Kier molecular flexibility index (Phi) is 5.04. The molecule has 0 unspecified atom stereocenters. The Morgan fingerprint density at radius 3 is 2.50 bits per heavy atom. The summed E-state index contributed by atoms with van der Waals surface area (Å²) in [6, 6.07) is 15.4. The van der Waals surface area contributed by atoms with Crippen LogP contribution in [-0.4, -0.2) is 22.2 Å². The molecule has 3 rings (SSSR count). The molecule has 1 heterocycles. The highest BCUT2D eigenvalue weighted by Gasteiger charge is 2.36. The van der Waals surface area contributed by atoms with E-state index in [0.29, 0.717) is 4.91 Å². The standard InChI is InChI=1S/C20H15NO4S/c1-13(10-14-6-3-2-4-7-14)11-17-18(22)21(20(25)26-17)16-9-5-8-15(12-16)19(23)24/h2-12H,1H3,(H,23,24). The van der Waals surface area contributed by atoms with Gasteiger partial charge in [-0.2, -0.15) is 0 Å². The smallest absolute Gasteiger partial charge is 0.335 e. The van der Waals surface area contributed by atoms with Gasteiger partial charge < -0.3 is 5.11 Å². The van der Waals surface area contributed by atoms with Gasteiger partial charge in [-0.05, 0) is 54.1 Å². The molecule has 1 aliphatic heterocycles. The van der Waals surface area contributed by atoms with Crippen LogP contribution in [-0.2, 0) is 4.79 Å². The average molecular weight is 365 g/mol. The number of nitrogens with zero attached hydrogens (tertiary/aromatic N) is 1. The zero-order chi connectivity index (χ0) is 18.7. The maximum Gasteiger partial charge on any atom is 0.335 e. The molecule has 5 nitrogen and oxygen atoms in total. The summed E-state index contributed by atoms with van der Waals surface area (Å²) in [6.45, 7) is 1.85. The number of hydrogen-bond acceptors (Lipinski definition) is 4. The van der Waals surface area contributed by atoms with Crippen LogP contribution in [0, 0.1) is 0 Å². The molecule has 0 radical (unpaired) electrons. The van der Waals surface area contributed by atoms with E-state index in [9.17, 15) is 14.4 Å². The number of hydrogen-bond donors (Lipinski definition) is 1. The van der Waals surface area contributed by atoms with E-state index in [1.54, 1.807) is 12.1 Å². The van der Waals surface area contributed by atoms with Crippen molar-refractivity contribution in [1.82, 2.24) is 0 Å². The molecule has 1 fully saturated rings. The molecule has 0 atom stereocenters. The molecule has 0 spiro atoms. The highest BCUT2D eigenvalue weighted by Crippen LogP contribution is 2.35. The Morgan fingerprint density at radius 1 is 1.08 bits per heavy atom. The number of carbonyl (C=O) groups is 3. The van der Waals surface area contributed by atoms with E-state index in [2.05, 4.69) is 0 Å². The third-order valence-electron chi connectivity index (χ3n) is 3.70. The van der Waals surface area contributed by atoms with Crippen LogP contribution in [0.4, 0.5) is 10.5 Å². The number of rotatable bonds is 4. The molecule has 1 saturated heterocycles. The van der Waals surface area contributed by atoms with Crippen molar-refractivity contribution >= 4 is 40.6 Å². The van der Waals surface area contributed by atoms with E-state index in [-0.39, 0.29) is 11.3 Å². The second-order valence-corrected chi connectivity index (χ2v) is 6.66. The van der Waals surface area contributed by atoms with Gasteiger partial charge in [-0.1, -0.05) is 42.5 Å². The number of carboxylic acid groups (broad SMARTS) is 1. The minimum atomic E-state index is -1.11. The number of anilines is 1. The number of thioether (sulfide) groups is 1. The first-order valence-corrected chi connectivity index (χ1v) is 8.62. The van der Waals surface area contributed by atoms with Crippen LogP contribution >= 0.6 is 11.8 Å². The summed E-state index contributed by atoms with van der Waals surface area (Å²) >= 11 is 0.840. The quantitative estimate of drug-likeness (QED) is 0.803. The normalized spacial score (nSPS) is 16.4. The van der Waals surface area contributed by atoms with Gasteiger partial charge in [0.15, 0.2) is 0 Å². The lowest BCUT2D eigenvalue weighted by Crippen LogP contribution is -2.27. The number of amides is 2. The number of allylic oxidation sites excluding steroid dienone is 2. The van der Waals surface area contributed by atoms with Crippen molar-refractivity contribution in [2.24, 2.45) is 0 Å². The molecule has 2 aromatic rings. The third-order valence-corrected chi connectivity index (χ3v) is 4.57. The molecule has 1 aliphatic rings. The molecule has 0 aromatic heterocycles. The van der Waals surface area contributed by atoms with Crippen LogP contribution < -0.4 is 4.90 Å². The van der Waals surface area contributed by atoms with Gasteiger partial charge in [0.1, 0.15) is 0 Å². The van der Waals surface area contributed by atoms with Crippen LogP contribution in [0.2, 0.25) is 0 Å². The molecule has 0 saturated carbocycles. The predicted molar refractivity (Wildman–Crippen MR) is 102 cm³/mol. The van der Waals surface area contributed by atoms with E-state index >= 15 is 0 Å². The molecule has 1 N–H and O–H groups in total. The second kappa shape index (κ2) is 7.41. The van der Waals surface area contributed by atoms with E-state index in [1.165, 1.54) is 18.2 Å². The van der Waals surface area contributed by atoms with Gasteiger partial charge in [-0.15, -0.1) is 0 Å². The monoisotopic (exact) mass is 365 g/mol. The summed E-state index contributed by atoms with van der Waals surface area (Å²) in [5, 5.41) is 8.63. The Balaban J connectivity index is 1.88. The maximum absolute atomic E-state index is 12.6. The van der Waals surface area contributed by atoms with E-state index in [1.807, 2.05) is 43.3 Å². The molecule has 2 amide bonds. The van der Waals surface area contributed by atoms with Crippen molar-refractivity contribution in [3.8, 4) is 0 Å². The summed E-state index contributed by atoms with van der Waals surface area (Å²) in [7, 11) is 0. The van der Waals surface area contributed by atoms with E-state index in [4.69, 9.17) is 5.11 Å². The summed E-state index contributed by atoms with van der Waals surface area (Å²) < 4.78 is 0. The number of carboxylic acids is 1. The summed E-state index contributed by atoms with van der Waals surface area (Å²) in [5.74, 6) is -1.57. The van der Waals surface area contributed by atoms with Crippen molar-refractivity contribution < 1.29 is 19.5 Å². The van der Waals surface area contributed by atoms with Crippen molar-refractivity contribution in [3.63, 3.8) is 0 Å². The Morgan fingerprint density at radius 2 is 1.81 bits per heavy atom. The highest BCUT2D eigenvalue weighted by molar-refractivity contribution is 8.18. The van der Waals surface area contributed by atoms with Gasteiger partial charge in [0, 0.05) is 0 Å². The fourth-order valence-corrected chi connectivity index (χ4v) is 3.42. The lowest BCUT2D eigenvalue weighted by atomic mass is 10.1. The van der Waals surface area contributed by atoms with Crippen molar-refractivity contribution in [1.29, 1.82) is 0 Å². The average Bonchev–Trinajstić information content (AvgIpc) is 2.89. The number of benzene rings is 2. The number of carbonyl (C=O) groups excluding carboxylic acids is 2. The number of imide groups is 1. The zero-order valence-corrected chi connectivity index (χ0v) is 14.7. The lowest BCUT2D eigenvalue weighted by molar-refractivity contribution is -0.113. The van der Waals surface area contributed by atoms with Crippen LogP contribution in [0.1, 0.15) is 22.8 Å². The van der Waals surface area contributed by atoms with E-state index < -0.39 is 17.1 Å². The van der Waals surface area contributed by atoms with Crippen LogP contribution in [0.15, 0.2) is 71.2 Å². The molecule has 2 aromatic carbocycles. The molecule has 0 aliphatic carbocycles. The fourth-order valence-electron chi connectivity index (χ4n) is 2.53. The van der Waals surface area contributed by atoms with Crippen LogP contribution in [0.5, 0.6) is 0 Å². The third kappa shape index (κ3) is 3.75. The largest absolute Gasteiger partial charge is 0.478 e. The van der Waals surface area contributed by atoms with Gasteiger partial charge in [0.25, 0.3) is 11.1 Å². The van der Waals surface area contributed by atoms with Gasteiger partial charge in [-0.25, -0.2) is 9.69 Å². The summed E-state index contributed by atoms with van der Waals surface area (Å²) in [6.07, 6.45) is 3.58. The molecule has 26 heavy (non-hydrogen) atoms. The molecular formula is C20H15NO4S. The van der Waals surface area contributed by atoms with Crippen LogP contribution in [0.3, 0.4) is 0 Å². The van der Waals surface area contributed by atoms with Crippen molar-refractivity contribution in [2.45, 2.75) is 6.92 Å². The first kappa shape index (κ1) is 17.7. The van der Waals surface area contributed by atoms with Gasteiger partial charge in [0.2, 0.25) is 0 Å². The number of aromatic carboxylic acids is 1. The summed E-state index contributed by atoms with van der Waals surface area (Å²) in [4.78, 5) is 37.3.